The number of hydrogen-bond acceptors (Lipinski definition) is 7. The topological polar surface area (TPSA) is 128 Å². The van der Waals surface area contributed by atoms with E-state index in [1.54, 1.807) is 6.07 Å². The van der Waals surface area contributed by atoms with Gasteiger partial charge in [-0.05, 0) is 43.2 Å². The van der Waals surface area contributed by atoms with Crippen LogP contribution >= 0.6 is 11.6 Å². The Labute approximate surface area is 209 Å². The van der Waals surface area contributed by atoms with Gasteiger partial charge in [0.1, 0.15) is 12.3 Å². The number of rotatable bonds is 9. The summed E-state index contributed by atoms with van der Waals surface area (Å²) in [6.07, 6.45) is 0.841. The quantitative estimate of drug-likeness (QED) is 0.531. The van der Waals surface area contributed by atoms with Crippen LogP contribution in [0.25, 0.3) is 0 Å². The van der Waals surface area contributed by atoms with Crippen LogP contribution in [0.15, 0.2) is 41.3 Å². The molecule has 12 heteroatoms. The molecular weight excluding hydrogens is 498 g/mol. The van der Waals surface area contributed by atoms with E-state index >= 15 is 0 Å². The third kappa shape index (κ3) is 5.73. The highest BCUT2D eigenvalue weighted by atomic mass is 35.5. The van der Waals surface area contributed by atoms with E-state index in [0.717, 1.165) is 4.31 Å². The Kier molecular flexibility index (Phi) is 8.34. The highest BCUT2D eigenvalue weighted by Gasteiger charge is 2.33. The minimum Gasteiger partial charge on any atom is -0.495 e. The second-order valence-electron chi connectivity index (χ2n) is 7.90. The van der Waals surface area contributed by atoms with Gasteiger partial charge in [-0.15, -0.1) is 0 Å². The molecule has 0 radical (unpaired) electrons. The number of hydrogen-bond donors (Lipinski definition) is 1. The van der Waals surface area contributed by atoms with Crippen LogP contribution in [0.5, 0.6) is 17.2 Å². The number of nitrogens with zero attached hydrogens (tertiary/aromatic N) is 2. The monoisotopic (exact) mass is 525 g/mol. The Bertz CT molecular complexity index is 1200. The normalized spacial score (nSPS) is 14.3. The maximum Gasteiger partial charge on any atom is 0.265 e. The lowest BCUT2D eigenvalue weighted by molar-refractivity contribution is -0.133. The van der Waals surface area contributed by atoms with Crippen LogP contribution in [0.2, 0.25) is 5.02 Å². The number of ether oxygens (including phenoxy) is 3. The molecule has 1 heterocycles. The van der Waals surface area contributed by atoms with Gasteiger partial charge < -0.3 is 24.8 Å². The first-order valence-corrected chi connectivity index (χ1v) is 12.6. The molecule has 2 aromatic carbocycles. The lowest BCUT2D eigenvalue weighted by Gasteiger charge is -2.33. The Morgan fingerprint density at radius 1 is 1.00 bits per heavy atom. The van der Waals surface area contributed by atoms with Crippen LogP contribution in [-0.4, -0.2) is 66.1 Å². The number of sulfonamides is 1. The second-order valence-corrected chi connectivity index (χ2v) is 10.2. The molecule has 1 aliphatic rings. The van der Waals surface area contributed by atoms with E-state index in [4.69, 9.17) is 31.5 Å². The lowest BCUT2D eigenvalue weighted by atomic mass is 9.96. The summed E-state index contributed by atoms with van der Waals surface area (Å²) < 4.78 is 44.5. The summed E-state index contributed by atoms with van der Waals surface area (Å²) in [5, 5.41) is 0.267. The van der Waals surface area contributed by atoms with Crippen molar-refractivity contribution < 1.29 is 32.2 Å². The number of carbonyl (C=O) groups excluding carboxylic acids is 2. The first-order valence-electron chi connectivity index (χ1n) is 10.8. The van der Waals surface area contributed by atoms with Crippen molar-refractivity contribution in [3.05, 3.63) is 41.4 Å². The van der Waals surface area contributed by atoms with Gasteiger partial charge in [0.15, 0.2) is 11.5 Å². The summed E-state index contributed by atoms with van der Waals surface area (Å²) in [5.41, 5.74) is 5.49. The second kappa shape index (κ2) is 11.0. The standard InChI is InChI=1S/C23H28ClN3O7S/c1-32-19-6-4-16(24)12-18(19)27(14-22(28)26-10-8-15(9-11-26)23(25)29)35(30,31)17-5-7-20(33-2)21(13-17)34-3/h4-7,12-13,15H,8-11,14H2,1-3H3,(H2,25,29). The molecule has 1 aliphatic heterocycles. The SMILES string of the molecule is COc1ccc(S(=O)(=O)N(CC(=O)N2CCC(C(N)=O)CC2)c2cc(Cl)ccc2OC)cc1OC. The van der Waals surface area contributed by atoms with E-state index in [2.05, 4.69) is 0 Å². The fourth-order valence-corrected chi connectivity index (χ4v) is 5.50. The summed E-state index contributed by atoms with van der Waals surface area (Å²) in [4.78, 5) is 26.1. The molecule has 3 rings (SSSR count). The summed E-state index contributed by atoms with van der Waals surface area (Å²) in [5.74, 6) is -0.354. The molecule has 1 fully saturated rings. The highest BCUT2D eigenvalue weighted by molar-refractivity contribution is 7.92. The molecule has 2 amide bonds. The van der Waals surface area contributed by atoms with Crippen LogP contribution in [0.3, 0.4) is 0 Å². The number of nitrogens with two attached hydrogens (primary N) is 1. The predicted octanol–water partition coefficient (Wildman–Crippen LogP) is 2.28. The average Bonchev–Trinajstić information content (AvgIpc) is 2.86. The van der Waals surface area contributed by atoms with Crippen LogP contribution < -0.4 is 24.2 Å². The van der Waals surface area contributed by atoms with E-state index in [-0.39, 0.29) is 33.0 Å². The molecule has 35 heavy (non-hydrogen) atoms. The summed E-state index contributed by atoms with van der Waals surface area (Å²) in [6, 6.07) is 8.66. The molecule has 190 valence electrons. The van der Waals surface area contributed by atoms with Crippen molar-refractivity contribution >= 4 is 39.1 Å². The zero-order valence-corrected chi connectivity index (χ0v) is 21.3. The average molecular weight is 526 g/mol. The fraction of sp³-hybridized carbons (Fsp3) is 0.391. The Balaban J connectivity index is 2.02. The first kappa shape index (κ1) is 26.4. The van der Waals surface area contributed by atoms with Gasteiger partial charge in [-0.2, -0.15) is 0 Å². The number of piperidine rings is 1. The molecule has 0 unspecified atom stereocenters. The number of benzene rings is 2. The predicted molar refractivity (Wildman–Crippen MR) is 131 cm³/mol. The number of primary amides is 1. The third-order valence-electron chi connectivity index (χ3n) is 5.88. The van der Waals surface area contributed by atoms with E-state index < -0.39 is 28.4 Å². The van der Waals surface area contributed by atoms with Crippen molar-refractivity contribution in [1.82, 2.24) is 4.90 Å². The molecule has 2 N–H and O–H groups in total. The van der Waals surface area contributed by atoms with Crippen molar-refractivity contribution in [3.8, 4) is 17.2 Å². The van der Waals surface area contributed by atoms with E-state index in [9.17, 15) is 18.0 Å². The van der Waals surface area contributed by atoms with Crippen molar-refractivity contribution in [1.29, 1.82) is 0 Å². The lowest BCUT2D eigenvalue weighted by Crippen LogP contribution is -2.47. The molecular formula is C23H28ClN3O7S. The molecule has 10 nitrogen and oxygen atoms in total. The number of methoxy groups -OCH3 is 3. The van der Waals surface area contributed by atoms with Gasteiger partial charge in [-0.25, -0.2) is 8.42 Å². The van der Waals surface area contributed by atoms with Gasteiger partial charge in [-0.3, -0.25) is 13.9 Å². The number of amides is 2. The molecule has 0 saturated carbocycles. The molecule has 0 aromatic heterocycles. The first-order chi connectivity index (χ1) is 16.6. The van der Waals surface area contributed by atoms with Gasteiger partial charge in [0.25, 0.3) is 10.0 Å². The number of likely N-dealkylation sites (tertiary alicyclic amines) is 1. The van der Waals surface area contributed by atoms with Crippen LogP contribution in [0.4, 0.5) is 5.69 Å². The van der Waals surface area contributed by atoms with Gasteiger partial charge in [0.05, 0.1) is 31.9 Å². The summed E-state index contributed by atoms with van der Waals surface area (Å²) in [7, 11) is -0.0544. The van der Waals surface area contributed by atoms with Gasteiger partial charge in [0.2, 0.25) is 11.8 Å². The molecule has 2 aromatic rings. The summed E-state index contributed by atoms with van der Waals surface area (Å²) >= 11 is 6.18. The fourth-order valence-electron chi connectivity index (χ4n) is 3.90. The molecule has 0 aliphatic carbocycles. The van der Waals surface area contributed by atoms with Crippen molar-refractivity contribution in [3.63, 3.8) is 0 Å². The maximum atomic E-state index is 13.8. The van der Waals surface area contributed by atoms with Crippen molar-refractivity contribution in [2.45, 2.75) is 17.7 Å². The third-order valence-corrected chi connectivity index (χ3v) is 7.87. The molecule has 0 bridgehead atoms. The van der Waals surface area contributed by atoms with Crippen LogP contribution in [-0.2, 0) is 19.6 Å². The number of carbonyl (C=O) groups is 2. The molecule has 0 spiro atoms. The zero-order chi connectivity index (χ0) is 25.8. The number of anilines is 1. The van der Waals surface area contributed by atoms with E-state index in [1.807, 2.05) is 0 Å². The largest absolute Gasteiger partial charge is 0.495 e. The Hall–Kier alpha value is -3.18. The van der Waals surface area contributed by atoms with Crippen LogP contribution in [0.1, 0.15) is 12.8 Å². The Morgan fingerprint density at radius 3 is 2.17 bits per heavy atom. The Morgan fingerprint density at radius 2 is 1.60 bits per heavy atom. The van der Waals surface area contributed by atoms with Crippen molar-refractivity contribution in [2.75, 3.05) is 45.3 Å². The minimum absolute atomic E-state index is 0.107. The molecule has 0 atom stereocenters. The van der Waals surface area contributed by atoms with Crippen molar-refractivity contribution in [2.24, 2.45) is 11.7 Å². The maximum absolute atomic E-state index is 13.8. The van der Waals surface area contributed by atoms with Gasteiger partial charge in [-0.1, -0.05) is 11.6 Å². The minimum atomic E-state index is -4.28. The number of halogens is 1. The van der Waals surface area contributed by atoms with E-state index in [0.29, 0.717) is 31.7 Å². The van der Waals surface area contributed by atoms with E-state index in [1.165, 1.54) is 56.6 Å². The van der Waals surface area contributed by atoms with Crippen LogP contribution in [0, 0.1) is 5.92 Å². The molecule has 1 saturated heterocycles. The highest BCUT2D eigenvalue weighted by Crippen LogP contribution is 2.37. The van der Waals surface area contributed by atoms with Gasteiger partial charge in [0, 0.05) is 30.1 Å². The van der Waals surface area contributed by atoms with Gasteiger partial charge >= 0.3 is 0 Å². The zero-order valence-electron chi connectivity index (χ0n) is 19.7. The smallest absolute Gasteiger partial charge is 0.265 e. The summed E-state index contributed by atoms with van der Waals surface area (Å²) in [6.45, 7) is 0.0847.